The third kappa shape index (κ3) is 4.90. The minimum absolute atomic E-state index is 0.125. The second-order valence-corrected chi connectivity index (χ2v) is 7.16. The average molecular weight is 430 g/mol. The highest BCUT2D eigenvalue weighted by atomic mass is 32.1. The molecule has 0 aliphatic heterocycles. The van der Waals surface area contributed by atoms with Gasteiger partial charge in [0, 0.05) is 42.1 Å². The highest BCUT2D eigenvalue weighted by Gasteiger charge is 2.14. The van der Waals surface area contributed by atoms with Gasteiger partial charge in [0.2, 0.25) is 5.91 Å². The molecule has 0 bridgehead atoms. The first kappa shape index (κ1) is 21.2. The molecule has 0 radical (unpaired) electrons. The predicted octanol–water partition coefficient (Wildman–Crippen LogP) is 4.31. The first-order chi connectivity index (χ1) is 14.4. The lowest BCUT2D eigenvalue weighted by molar-refractivity contribution is -0.115. The van der Waals surface area contributed by atoms with E-state index in [-0.39, 0.29) is 5.91 Å². The summed E-state index contributed by atoms with van der Waals surface area (Å²) in [6, 6.07) is 8.05. The number of nitrogens with one attached hydrogen (secondary N) is 3. The summed E-state index contributed by atoms with van der Waals surface area (Å²) < 4.78 is 16.6. The first-order valence-corrected chi connectivity index (χ1v) is 9.86. The summed E-state index contributed by atoms with van der Waals surface area (Å²) in [6.45, 7) is 1.77. The first-order valence-electron chi connectivity index (χ1n) is 9.05. The van der Waals surface area contributed by atoms with E-state index >= 15 is 0 Å². The number of carbonyl (C=O) groups is 2. The molecule has 30 heavy (non-hydrogen) atoms. The molecule has 0 aliphatic rings. The van der Waals surface area contributed by atoms with Gasteiger partial charge in [0.15, 0.2) is 5.13 Å². The smallest absolute Gasteiger partial charge is 0.323 e. The normalized spacial score (nSPS) is 10.4. The van der Waals surface area contributed by atoms with Crippen LogP contribution in [-0.4, -0.2) is 38.3 Å². The number of carbonyl (C=O) groups excluding carboxylic acids is 2. The van der Waals surface area contributed by atoms with E-state index < -0.39 is 6.03 Å². The summed E-state index contributed by atoms with van der Waals surface area (Å²) in [4.78, 5) is 28.5. The molecule has 0 fully saturated rings. The number of benzene rings is 2. The Labute approximate surface area is 177 Å². The van der Waals surface area contributed by atoms with Gasteiger partial charge in [-0.2, -0.15) is 0 Å². The Morgan fingerprint density at radius 1 is 0.900 bits per heavy atom. The van der Waals surface area contributed by atoms with Crippen LogP contribution in [-0.2, 0) is 4.79 Å². The number of rotatable bonds is 7. The zero-order valence-corrected chi connectivity index (χ0v) is 17.8. The van der Waals surface area contributed by atoms with Gasteiger partial charge in [0.25, 0.3) is 0 Å². The molecule has 0 saturated heterocycles. The van der Waals surface area contributed by atoms with Gasteiger partial charge in [-0.15, -0.1) is 0 Å². The minimum Gasteiger partial charge on any atom is -0.497 e. The van der Waals surface area contributed by atoms with E-state index in [9.17, 15) is 9.59 Å². The van der Waals surface area contributed by atoms with Gasteiger partial charge < -0.3 is 30.2 Å². The molecular weight excluding hydrogens is 408 g/mol. The van der Waals surface area contributed by atoms with Gasteiger partial charge in [0.1, 0.15) is 22.8 Å². The van der Waals surface area contributed by atoms with E-state index in [1.165, 1.54) is 32.7 Å². The highest BCUT2D eigenvalue weighted by Crippen LogP contribution is 2.35. The topological polar surface area (TPSA) is 111 Å². The zero-order valence-electron chi connectivity index (χ0n) is 17.0. The van der Waals surface area contributed by atoms with Gasteiger partial charge in [-0.1, -0.05) is 18.3 Å². The SMILES string of the molecule is CCC(=O)Nc1nc2c(OC)cc(NC(=O)Nc3cc(OC)cc(OC)c3)cc2s1. The van der Waals surface area contributed by atoms with Crippen LogP contribution >= 0.6 is 11.3 Å². The van der Waals surface area contributed by atoms with Crippen molar-refractivity contribution in [1.82, 2.24) is 4.98 Å². The molecule has 3 amide bonds. The molecule has 9 nitrogen and oxygen atoms in total. The third-order valence-electron chi connectivity index (χ3n) is 4.11. The number of anilines is 3. The Morgan fingerprint density at radius 3 is 2.10 bits per heavy atom. The van der Waals surface area contributed by atoms with Gasteiger partial charge >= 0.3 is 6.03 Å². The molecular formula is C20H22N4O5S. The lowest BCUT2D eigenvalue weighted by Crippen LogP contribution is -2.19. The fourth-order valence-corrected chi connectivity index (χ4v) is 3.60. The molecule has 0 atom stereocenters. The Bertz CT molecular complexity index is 1060. The molecule has 0 saturated carbocycles. The van der Waals surface area contributed by atoms with Crippen LogP contribution in [0, 0.1) is 0 Å². The van der Waals surface area contributed by atoms with E-state index in [1.807, 2.05) is 0 Å². The van der Waals surface area contributed by atoms with Gasteiger partial charge in [0.05, 0.1) is 26.0 Å². The molecule has 2 aromatic carbocycles. The van der Waals surface area contributed by atoms with Gasteiger partial charge in [-0.05, 0) is 6.07 Å². The molecule has 3 rings (SSSR count). The van der Waals surface area contributed by atoms with Gasteiger partial charge in [-0.25, -0.2) is 9.78 Å². The standard InChI is InChI=1S/C20H22N4O5S/c1-5-17(25)23-20-24-18-15(29-4)8-12(9-16(18)30-20)22-19(26)21-11-6-13(27-2)10-14(7-11)28-3/h6-10H,5H2,1-4H3,(H2,21,22,26)(H,23,24,25). The van der Waals surface area contributed by atoms with Crippen molar-refractivity contribution in [3.63, 3.8) is 0 Å². The summed E-state index contributed by atoms with van der Waals surface area (Å²) >= 11 is 1.30. The zero-order chi connectivity index (χ0) is 21.7. The maximum atomic E-state index is 12.5. The second kappa shape index (κ2) is 9.31. The molecule has 1 heterocycles. The number of ether oxygens (including phenoxy) is 3. The van der Waals surface area contributed by atoms with Crippen LogP contribution in [0.3, 0.4) is 0 Å². The quantitative estimate of drug-likeness (QED) is 0.515. The van der Waals surface area contributed by atoms with E-state index in [0.717, 1.165) is 4.70 Å². The van der Waals surface area contributed by atoms with E-state index in [2.05, 4.69) is 20.9 Å². The predicted molar refractivity (Wildman–Crippen MR) is 117 cm³/mol. The van der Waals surface area contributed by atoms with Crippen LogP contribution in [0.5, 0.6) is 17.2 Å². The second-order valence-electron chi connectivity index (χ2n) is 6.13. The van der Waals surface area contributed by atoms with E-state index in [4.69, 9.17) is 14.2 Å². The van der Waals surface area contributed by atoms with Crippen LogP contribution in [0.15, 0.2) is 30.3 Å². The summed E-state index contributed by atoms with van der Waals surface area (Å²) in [5.41, 5.74) is 1.64. The van der Waals surface area contributed by atoms with Crippen molar-refractivity contribution in [3.8, 4) is 17.2 Å². The summed E-state index contributed by atoms with van der Waals surface area (Å²) in [6.07, 6.45) is 0.356. The number of urea groups is 1. The molecule has 1 aromatic heterocycles. The van der Waals surface area contributed by atoms with Crippen LogP contribution in [0.25, 0.3) is 10.2 Å². The van der Waals surface area contributed by atoms with E-state index in [0.29, 0.717) is 45.7 Å². The maximum absolute atomic E-state index is 12.5. The Kier molecular flexibility index (Phi) is 6.58. The van der Waals surface area contributed by atoms with Crippen molar-refractivity contribution in [1.29, 1.82) is 0 Å². The number of amides is 3. The van der Waals surface area contributed by atoms with Gasteiger partial charge in [-0.3, -0.25) is 4.79 Å². The monoisotopic (exact) mass is 430 g/mol. The van der Waals surface area contributed by atoms with Crippen molar-refractivity contribution >= 4 is 50.0 Å². The summed E-state index contributed by atoms with van der Waals surface area (Å²) in [7, 11) is 4.59. The number of hydrogen-bond acceptors (Lipinski definition) is 7. The fraction of sp³-hybridized carbons (Fsp3) is 0.250. The molecule has 10 heteroatoms. The lowest BCUT2D eigenvalue weighted by atomic mass is 10.2. The molecule has 0 unspecified atom stereocenters. The van der Waals surface area contributed by atoms with Crippen LogP contribution < -0.4 is 30.2 Å². The molecule has 0 aliphatic carbocycles. The van der Waals surface area contributed by atoms with Crippen LogP contribution in [0.4, 0.5) is 21.3 Å². The van der Waals surface area contributed by atoms with Crippen molar-refractivity contribution in [3.05, 3.63) is 30.3 Å². The number of nitrogens with zero attached hydrogens (tertiary/aromatic N) is 1. The third-order valence-corrected chi connectivity index (χ3v) is 5.03. The Balaban J connectivity index is 1.81. The average Bonchev–Trinajstić information content (AvgIpc) is 3.14. The lowest BCUT2D eigenvalue weighted by Gasteiger charge is -2.11. The van der Waals surface area contributed by atoms with Crippen molar-refractivity contribution in [2.24, 2.45) is 0 Å². The Morgan fingerprint density at radius 2 is 1.53 bits per heavy atom. The molecule has 158 valence electrons. The number of hydrogen-bond donors (Lipinski definition) is 3. The minimum atomic E-state index is -0.448. The Hall–Kier alpha value is -3.53. The number of methoxy groups -OCH3 is 3. The maximum Gasteiger partial charge on any atom is 0.323 e. The molecule has 0 spiro atoms. The summed E-state index contributed by atoms with van der Waals surface area (Å²) in [5.74, 6) is 1.47. The van der Waals surface area contributed by atoms with Crippen LogP contribution in [0.2, 0.25) is 0 Å². The van der Waals surface area contributed by atoms with Crippen molar-refractivity contribution in [2.75, 3.05) is 37.3 Å². The molecule has 3 aromatic rings. The largest absolute Gasteiger partial charge is 0.497 e. The van der Waals surface area contributed by atoms with Crippen LogP contribution in [0.1, 0.15) is 13.3 Å². The van der Waals surface area contributed by atoms with Crippen molar-refractivity contribution < 1.29 is 23.8 Å². The number of thiazole rings is 1. The van der Waals surface area contributed by atoms with E-state index in [1.54, 1.807) is 37.3 Å². The summed E-state index contributed by atoms with van der Waals surface area (Å²) in [5, 5.41) is 8.73. The van der Waals surface area contributed by atoms with Crippen molar-refractivity contribution in [2.45, 2.75) is 13.3 Å². The fourth-order valence-electron chi connectivity index (χ4n) is 2.66. The molecule has 3 N–H and O–H groups in total. The number of aromatic nitrogens is 1. The highest BCUT2D eigenvalue weighted by molar-refractivity contribution is 7.22. The number of fused-ring (bicyclic) bond motifs is 1.